The van der Waals surface area contributed by atoms with Crippen LogP contribution in [-0.4, -0.2) is 21.1 Å². The Morgan fingerprint density at radius 2 is 2.21 bits per heavy atom. The molecule has 2 aromatic heterocycles. The number of imidazole rings is 1. The van der Waals surface area contributed by atoms with Gasteiger partial charge in [-0.2, -0.15) is 0 Å². The summed E-state index contributed by atoms with van der Waals surface area (Å²) >= 11 is 0. The summed E-state index contributed by atoms with van der Waals surface area (Å²) in [6, 6.07) is 5.09. The minimum Gasteiger partial charge on any atom is -0.308 e. The van der Waals surface area contributed by atoms with E-state index in [0.717, 1.165) is 23.6 Å². The summed E-state index contributed by atoms with van der Waals surface area (Å²) in [7, 11) is 0. The molecule has 100 valence electrons. The average Bonchev–Trinajstić information content (AvgIpc) is 3.18. The molecule has 1 saturated heterocycles. The van der Waals surface area contributed by atoms with Crippen molar-refractivity contribution < 1.29 is 0 Å². The molecule has 1 aliphatic heterocycles. The highest BCUT2D eigenvalue weighted by atomic mass is 15.2. The number of piperidine rings is 1. The summed E-state index contributed by atoms with van der Waals surface area (Å²) < 4.78 is 2.39. The second-order valence-corrected chi connectivity index (χ2v) is 6.05. The van der Waals surface area contributed by atoms with Crippen molar-refractivity contribution in [3.63, 3.8) is 0 Å². The third-order valence-corrected chi connectivity index (χ3v) is 4.37. The lowest BCUT2D eigenvalue weighted by molar-refractivity contribution is 0.310. The molecule has 0 bridgehead atoms. The van der Waals surface area contributed by atoms with Crippen LogP contribution in [-0.2, 0) is 0 Å². The van der Waals surface area contributed by atoms with Crippen molar-refractivity contribution in [3.05, 3.63) is 24.2 Å². The number of rotatable bonds is 2. The number of pyridine rings is 1. The number of nitrogens with one attached hydrogen (secondary N) is 1. The van der Waals surface area contributed by atoms with Crippen LogP contribution in [0.3, 0.4) is 0 Å². The molecule has 2 aliphatic rings. The van der Waals surface area contributed by atoms with Gasteiger partial charge in [0.1, 0.15) is 11.3 Å². The van der Waals surface area contributed by atoms with Gasteiger partial charge in [0.2, 0.25) is 0 Å². The molecule has 2 unspecified atom stereocenters. The second-order valence-electron chi connectivity index (χ2n) is 6.05. The Kier molecular flexibility index (Phi) is 2.58. The van der Waals surface area contributed by atoms with Gasteiger partial charge < -0.3 is 9.88 Å². The zero-order chi connectivity index (χ0) is 12.8. The first-order valence-electron chi connectivity index (χ1n) is 7.39. The van der Waals surface area contributed by atoms with Gasteiger partial charge in [0.05, 0.1) is 6.04 Å². The Hall–Kier alpha value is -1.42. The van der Waals surface area contributed by atoms with Crippen molar-refractivity contribution in [3.8, 4) is 0 Å². The van der Waals surface area contributed by atoms with Crippen LogP contribution in [0, 0.1) is 5.92 Å². The van der Waals surface area contributed by atoms with Gasteiger partial charge in [-0.05, 0) is 50.3 Å². The van der Waals surface area contributed by atoms with Crippen molar-refractivity contribution in [1.29, 1.82) is 0 Å². The molecule has 0 radical (unpaired) electrons. The summed E-state index contributed by atoms with van der Waals surface area (Å²) in [5, 5.41) is 3.64. The van der Waals surface area contributed by atoms with Gasteiger partial charge >= 0.3 is 0 Å². The smallest absolute Gasteiger partial charge is 0.160 e. The van der Waals surface area contributed by atoms with Crippen LogP contribution in [0.15, 0.2) is 18.3 Å². The molecule has 4 heteroatoms. The average molecular weight is 256 g/mol. The fourth-order valence-corrected chi connectivity index (χ4v) is 3.19. The summed E-state index contributed by atoms with van der Waals surface area (Å²) in [4.78, 5) is 9.42. The lowest BCUT2D eigenvalue weighted by Crippen LogP contribution is -2.32. The molecule has 19 heavy (non-hydrogen) atoms. The van der Waals surface area contributed by atoms with Crippen LogP contribution >= 0.6 is 0 Å². The fraction of sp³-hybridized carbons (Fsp3) is 0.600. The number of fused-ring (bicyclic) bond motifs is 1. The van der Waals surface area contributed by atoms with Crippen LogP contribution in [0.4, 0.5) is 0 Å². The molecular weight excluding hydrogens is 236 g/mol. The summed E-state index contributed by atoms with van der Waals surface area (Å²) in [6.45, 7) is 3.45. The third kappa shape index (κ3) is 1.94. The lowest BCUT2D eigenvalue weighted by Gasteiger charge is -2.28. The van der Waals surface area contributed by atoms with E-state index < -0.39 is 0 Å². The van der Waals surface area contributed by atoms with Crippen LogP contribution in [0.5, 0.6) is 0 Å². The van der Waals surface area contributed by atoms with Gasteiger partial charge in [-0.3, -0.25) is 0 Å². The van der Waals surface area contributed by atoms with Crippen molar-refractivity contribution in [1.82, 2.24) is 19.9 Å². The molecule has 2 aromatic rings. The first kappa shape index (κ1) is 11.4. The maximum absolute atomic E-state index is 4.87. The molecule has 1 N–H and O–H groups in total. The van der Waals surface area contributed by atoms with E-state index in [0.29, 0.717) is 12.1 Å². The first-order valence-corrected chi connectivity index (χ1v) is 7.39. The molecule has 3 heterocycles. The monoisotopic (exact) mass is 256 g/mol. The maximum Gasteiger partial charge on any atom is 0.160 e. The predicted octanol–water partition coefficient (Wildman–Crippen LogP) is 2.83. The summed E-state index contributed by atoms with van der Waals surface area (Å²) in [5.41, 5.74) is 2.12. The predicted molar refractivity (Wildman–Crippen MR) is 74.9 cm³/mol. The molecule has 1 aliphatic carbocycles. The van der Waals surface area contributed by atoms with Crippen molar-refractivity contribution in [2.75, 3.05) is 6.54 Å². The van der Waals surface area contributed by atoms with Crippen LogP contribution in [0.1, 0.15) is 50.5 Å². The zero-order valence-electron chi connectivity index (χ0n) is 11.3. The largest absolute Gasteiger partial charge is 0.308 e. The maximum atomic E-state index is 4.87. The molecule has 4 rings (SSSR count). The Bertz CT molecular complexity index is 599. The minimum atomic E-state index is 0.401. The van der Waals surface area contributed by atoms with E-state index in [2.05, 4.69) is 27.9 Å². The Morgan fingerprint density at radius 3 is 3.00 bits per heavy atom. The van der Waals surface area contributed by atoms with Gasteiger partial charge in [-0.1, -0.05) is 6.92 Å². The molecule has 0 amide bonds. The molecule has 2 atom stereocenters. The van der Waals surface area contributed by atoms with Gasteiger partial charge in [0, 0.05) is 12.2 Å². The zero-order valence-corrected chi connectivity index (χ0v) is 11.3. The first-order chi connectivity index (χ1) is 9.33. The number of hydrogen-bond acceptors (Lipinski definition) is 3. The van der Waals surface area contributed by atoms with E-state index in [9.17, 15) is 0 Å². The van der Waals surface area contributed by atoms with Gasteiger partial charge in [-0.25, -0.2) is 9.97 Å². The Balaban J connectivity index is 1.81. The van der Waals surface area contributed by atoms with E-state index in [4.69, 9.17) is 4.98 Å². The molecule has 0 aromatic carbocycles. The Morgan fingerprint density at radius 1 is 1.32 bits per heavy atom. The number of hydrogen-bond donors (Lipinski definition) is 1. The third-order valence-electron chi connectivity index (χ3n) is 4.37. The van der Waals surface area contributed by atoms with Crippen molar-refractivity contribution in [2.24, 2.45) is 5.92 Å². The molecule has 2 fully saturated rings. The lowest BCUT2D eigenvalue weighted by atomic mass is 9.94. The van der Waals surface area contributed by atoms with Gasteiger partial charge in [0.25, 0.3) is 0 Å². The molecule has 0 spiro atoms. The van der Waals surface area contributed by atoms with Crippen molar-refractivity contribution >= 4 is 11.2 Å². The van der Waals surface area contributed by atoms with E-state index in [1.807, 2.05) is 12.3 Å². The van der Waals surface area contributed by atoms with E-state index in [1.165, 1.54) is 31.5 Å². The highest BCUT2D eigenvalue weighted by molar-refractivity contribution is 5.71. The van der Waals surface area contributed by atoms with Crippen LogP contribution in [0.25, 0.3) is 11.2 Å². The summed E-state index contributed by atoms with van der Waals surface area (Å²) in [6.07, 6.45) is 6.90. The topological polar surface area (TPSA) is 42.7 Å². The number of aromatic nitrogens is 3. The standard InChI is InChI=1S/C15H20N4/c1-10-6-8-16-13(9-10)15-18-12-3-2-7-17-14(12)19(15)11-4-5-11/h2-3,7,10-11,13,16H,4-6,8-9H2,1H3. The number of nitrogens with zero attached hydrogens (tertiary/aromatic N) is 3. The van der Waals surface area contributed by atoms with Gasteiger partial charge in [0.15, 0.2) is 5.65 Å². The van der Waals surface area contributed by atoms with Crippen molar-refractivity contribution in [2.45, 2.75) is 44.7 Å². The fourth-order valence-electron chi connectivity index (χ4n) is 3.19. The second kappa shape index (κ2) is 4.30. The molecule has 1 saturated carbocycles. The normalized spacial score (nSPS) is 27.8. The quantitative estimate of drug-likeness (QED) is 0.898. The minimum absolute atomic E-state index is 0.401. The highest BCUT2D eigenvalue weighted by Crippen LogP contribution is 2.40. The van der Waals surface area contributed by atoms with E-state index in [1.54, 1.807) is 0 Å². The Labute approximate surface area is 113 Å². The SMILES string of the molecule is CC1CCNC(c2nc3cccnc3n2C2CC2)C1. The molecule has 4 nitrogen and oxygen atoms in total. The van der Waals surface area contributed by atoms with Crippen LogP contribution < -0.4 is 5.32 Å². The summed E-state index contributed by atoms with van der Waals surface area (Å²) in [5.74, 6) is 1.99. The molecular formula is C15H20N4. The van der Waals surface area contributed by atoms with E-state index >= 15 is 0 Å². The van der Waals surface area contributed by atoms with E-state index in [-0.39, 0.29) is 0 Å². The highest BCUT2D eigenvalue weighted by Gasteiger charge is 2.32. The van der Waals surface area contributed by atoms with Crippen LogP contribution in [0.2, 0.25) is 0 Å². The van der Waals surface area contributed by atoms with Gasteiger partial charge in [-0.15, -0.1) is 0 Å².